The van der Waals surface area contributed by atoms with Crippen molar-refractivity contribution in [3.8, 4) is 6.19 Å². The van der Waals surface area contributed by atoms with E-state index in [9.17, 15) is 9.59 Å². The molecule has 12 heavy (non-hydrogen) atoms. The Labute approximate surface area is 69.5 Å². The lowest BCUT2D eigenvalue weighted by molar-refractivity contribution is -0.121. The molecule has 0 saturated carbocycles. The maximum Gasteiger partial charge on any atom is 0.249 e. The molecule has 6 nitrogen and oxygen atoms in total. The van der Waals surface area contributed by atoms with Gasteiger partial charge in [0, 0.05) is 6.42 Å². The van der Waals surface area contributed by atoms with E-state index in [1.54, 1.807) is 0 Å². The lowest BCUT2D eigenvalue weighted by Crippen LogP contribution is -2.39. The van der Waals surface area contributed by atoms with Gasteiger partial charge in [0.15, 0.2) is 6.19 Å². The first-order chi connectivity index (χ1) is 5.57. The Morgan fingerprint density at radius 3 is 2.58 bits per heavy atom. The molecule has 5 N–H and O–H groups in total. The van der Waals surface area contributed by atoms with Crippen LogP contribution < -0.4 is 16.8 Å². The van der Waals surface area contributed by atoms with Gasteiger partial charge in [-0.05, 0) is 6.42 Å². The van der Waals surface area contributed by atoms with Crippen LogP contribution in [0.5, 0.6) is 0 Å². The number of nitrogens with one attached hydrogen (secondary N) is 1. The molecule has 0 aliphatic rings. The van der Waals surface area contributed by atoms with Crippen LogP contribution in [0.3, 0.4) is 0 Å². The zero-order valence-electron chi connectivity index (χ0n) is 6.41. The van der Waals surface area contributed by atoms with E-state index in [2.05, 4.69) is 0 Å². The minimum Gasteiger partial charge on any atom is -0.370 e. The van der Waals surface area contributed by atoms with E-state index in [1.165, 1.54) is 6.19 Å². The highest BCUT2D eigenvalue weighted by Gasteiger charge is 2.12. The van der Waals surface area contributed by atoms with Crippen molar-refractivity contribution in [2.45, 2.75) is 18.9 Å². The maximum absolute atomic E-state index is 10.7. The Kier molecular flexibility index (Phi) is 4.41. The first kappa shape index (κ1) is 10.4. The zero-order chi connectivity index (χ0) is 9.56. The topological polar surface area (TPSA) is 122 Å². The molecule has 2 amide bonds. The van der Waals surface area contributed by atoms with Gasteiger partial charge in [-0.3, -0.25) is 14.9 Å². The van der Waals surface area contributed by atoms with Crippen molar-refractivity contribution in [2.75, 3.05) is 0 Å². The van der Waals surface area contributed by atoms with Crippen LogP contribution >= 0.6 is 0 Å². The van der Waals surface area contributed by atoms with Crippen molar-refractivity contribution >= 4 is 11.8 Å². The van der Waals surface area contributed by atoms with Gasteiger partial charge in [-0.1, -0.05) is 0 Å². The fourth-order valence-electron chi connectivity index (χ4n) is 0.577. The number of nitriles is 1. The lowest BCUT2D eigenvalue weighted by Gasteiger charge is -2.05. The van der Waals surface area contributed by atoms with E-state index in [1.807, 2.05) is 5.32 Å². The highest BCUT2D eigenvalue weighted by Crippen LogP contribution is 1.92. The number of carbonyl (C=O) groups excluding carboxylic acids is 2. The summed E-state index contributed by atoms with van der Waals surface area (Å²) in [6.45, 7) is 0. The van der Waals surface area contributed by atoms with Crippen molar-refractivity contribution in [2.24, 2.45) is 11.5 Å². The molecule has 0 unspecified atom stereocenters. The minimum atomic E-state index is -0.850. The van der Waals surface area contributed by atoms with E-state index >= 15 is 0 Å². The smallest absolute Gasteiger partial charge is 0.249 e. The summed E-state index contributed by atoms with van der Waals surface area (Å²) in [6.07, 6.45) is 1.64. The number of amides is 2. The largest absolute Gasteiger partial charge is 0.370 e. The van der Waals surface area contributed by atoms with Crippen molar-refractivity contribution in [1.29, 1.82) is 5.26 Å². The summed E-state index contributed by atoms with van der Waals surface area (Å²) >= 11 is 0. The molecule has 6 heteroatoms. The van der Waals surface area contributed by atoms with Gasteiger partial charge in [-0.25, -0.2) is 0 Å². The third-order valence-electron chi connectivity index (χ3n) is 1.22. The molecule has 0 aliphatic heterocycles. The first-order valence-corrected chi connectivity index (χ1v) is 3.30. The molecule has 0 fully saturated rings. The predicted molar refractivity (Wildman–Crippen MR) is 40.2 cm³/mol. The van der Waals surface area contributed by atoms with Crippen molar-refractivity contribution in [3.63, 3.8) is 0 Å². The average Bonchev–Trinajstić information content (AvgIpc) is 2.00. The number of carbonyl (C=O) groups is 2. The van der Waals surface area contributed by atoms with Gasteiger partial charge in [0.05, 0.1) is 6.04 Å². The van der Waals surface area contributed by atoms with E-state index in [4.69, 9.17) is 16.7 Å². The monoisotopic (exact) mass is 170 g/mol. The van der Waals surface area contributed by atoms with Gasteiger partial charge in [-0.2, -0.15) is 5.26 Å². The second-order valence-corrected chi connectivity index (χ2v) is 2.21. The Morgan fingerprint density at radius 1 is 1.58 bits per heavy atom. The van der Waals surface area contributed by atoms with Gasteiger partial charge >= 0.3 is 0 Å². The zero-order valence-corrected chi connectivity index (χ0v) is 6.41. The van der Waals surface area contributed by atoms with Crippen LogP contribution in [-0.4, -0.2) is 17.9 Å². The summed E-state index contributed by atoms with van der Waals surface area (Å²) < 4.78 is 0. The van der Waals surface area contributed by atoms with Gasteiger partial charge in [-0.15, -0.1) is 0 Å². The summed E-state index contributed by atoms with van der Waals surface area (Å²) in [6, 6.07) is -0.850. The molecule has 0 aromatic carbocycles. The average molecular weight is 170 g/mol. The summed E-state index contributed by atoms with van der Waals surface area (Å²) in [5, 5.41) is 9.89. The molecule has 0 saturated heterocycles. The number of nitrogens with two attached hydrogens (primary N) is 2. The van der Waals surface area contributed by atoms with Gasteiger partial charge < -0.3 is 11.5 Å². The van der Waals surface area contributed by atoms with Crippen LogP contribution in [0.1, 0.15) is 12.8 Å². The summed E-state index contributed by atoms with van der Waals surface area (Å²) in [7, 11) is 0. The molecule has 66 valence electrons. The van der Waals surface area contributed by atoms with Crippen molar-refractivity contribution < 1.29 is 9.59 Å². The molecular formula is C6H10N4O2. The third kappa shape index (κ3) is 4.24. The second kappa shape index (κ2) is 5.09. The summed E-state index contributed by atoms with van der Waals surface area (Å²) in [5.74, 6) is -1.12. The summed E-state index contributed by atoms with van der Waals surface area (Å²) in [5.41, 5.74) is 10.1. The first-order valence-electron chi connectivity index (χ1n) is 3.30. The second-order valence-electron chi connectivity index (χ2n) is 2.21. The minimum absolute atomic E-state index is 0.0417. The Morgan fingerprint density at radius 2 is 2.17 bits per heavy atom. The highest BCUT2D eigenvalue weighted by molar-refractivity contribution is 5.83. The predicted octanol–water partition coefficient (Wildman–Crippen LogP) is -1.82. The fraction of sp³-hybridized carbons (Fsp3) is 0.500. The molecule has 0 bridgehead atoms. The Hall–Kier alpha value is -1.61. The van der Waals surface area contributed by atoms with E-state index in [0.717, 1.165) is 0 Å². The van der Waals surface area contributed by atoms with E-state index < -0.39 is 17.9 Å². The van der Waals surface area contributed by atoms with E-state index in [-0.39, 0.29) is 12.8 Å². The quantitative estimate of drug-likeness (QED) is 0.339. The van der Waals surface area contributed by atoms with Gasteiger partial charge in [0.1, 0.15) is 0 Å². The number of primary amides is 1. The van der Waals surface area contributed by atoms with Crippen LogP contribution in [0.15, 0.2) is 0 Å². The molecule has 0 heterocycles. The molecule has 0 aliphatic carbocycles. The van der Waals surface area contributed by atoms with Crippen LogP contribution in [0.2, 0.25) is 0 Å². The number of hydrogen-bond donors (Lipinski definition) is 3. The van der Waals surface area contributed by atoms with Gasteiger partial charge in [0.25, 0.3) is 0 Å². The third-order valence-corrected chi connectivity index (χ3v) is 1.22. The number of rotatable bonds is 4. The molecule has 0 radical (unpaired) electrons. The molecular weight excluding hydrogens is 160 g/mol. The highest BCUT2D eigenvalue weighted by atomic mass is 16.2. The number of hydrogen-bond acceptors (Lipinski definition) is 4. The number of nitrogens with zero attached hydrogens (tertiary/aromatic N) is 1. The van der Waals surface area contributed by atoms with Crippen LogP contribution in [-0.2, 0) is 9.59 Å². The normalized spacial score (nSPS) is 11.3. The fourth-order valence-corrected chi connectivity index (χ4v) is 0.577. The Balaban J connectivity index is 3.73. The van der Waals surface area contributed by atoms with E-state index in [0.29, 0.717) is 0 Å². The van der Waals surface area contributed by atoms with Crippen molar-refractivity contribution in [1.82, 2.24) is 5.32 Å². The van der Waals surface area contributed by atoms with Crippen LogP contribution in [0, 0.1) is 11.5 Å². The maximum atomic E-state index is 10.7. The molecule has 0 spiro atoms. The molecule has 0 aromatic rings. The molecule has 1 atom stereocenters. The van der Waals surface area contributed by atoms with Crippen molar-refractivity contribution in [3.05, 3.63) is 0 Å². The summed E-state index contributed by atoms with van der Waals surface area (Å²) in [4.78, 5) is 21.0. The SMILES string of the molecule is N#CNC(=O)[C@H](N)CCC(N)=O. The Bertz CT molecular complexity index is 220. The lowest BCUT2D eigenvalue weighted by atomic mass is 10.1. The van der Waals surface area contributed by atoms with Crippen LogP contribution in [0.25, 0.3) is 0 Å². The molecule has 0 rings (SSSR count). The van der Waals surface area contributed by atoms with Gasteiger partial charge in [0.2, 0.25) is 11.8 Å². The van der Waals surface area contributed by atoms with Crippen LogP contribution in [0.4, 0.5) is 0 Å². The standard InChI is InChI=1S/C6H10N4O2/c7-3-10-6(12)4(8)1-2-5(9)11/h4H,1-2,8H2,(H2,9,11)(H,10,12)/t4-/m1/s1. The molecule has 0 aromatic heterocycles.